The first-order valence-corrected chi connectivity index (χ1v) is 6.82. The van der Waals surface area contributed by atoms with Crippen LogP contribution in [0, 0.1) is 0 Å². The van der Waals surface area contributed by atoms with E-state index in [1.165, 1.54) is 0 Å². The second kappa shape index (κ2) is 4.28. The lowest BCUT2D eigenvalue weighted by atomic mass is 10.1. The molecule has 4 rings (SSSR count). The van der Waals surface area contributed by atoms with E-state index in [1.807, 2.05) is 35.8 Å². The number of hydroxylamine groups is 3. The number of carboxylic acid groups (broad SMARTS) is 1. The average molecular weight is 297 g/mol. The predicted octanol–water partition coefficient (Wildman–Crippen LogP) is 2.60. The van der Waals surface area contributed by atoms with Gasteiger partial charge in [-0.15, -0.1) is 0 Å². The quantitative estimate of drug-likeness (QED) is 0.821. The first-order valence-electron chi connectivity index (χ1n) is 6.82. The van der Waals surface area contributed by atoms with Crippen molar-refractivity contribution in [1.29, 1.82) is 0 Å². The van der Waals surface area contributed by atoms with Gasteiger partial charge >= 0.3 is 6.16 Å². The van der Waals surface area contributed by atoms with E-state index in [0.717, 1.165) is 16.9 Å². The number of para-hydroxylation sites is 1. The van der Waals surface area contributed by atoms with Crippen LogP contribution in [0.15, 0.2) is 54.2 Å². The van der Waals surface area contributed by atoms with Crippen LogP contribution in [-0.2, 0) is 4.84 Å². The van der Waals surface area contributed by atoms with E-state index in [-0.39, 0.29) is 10.7 Å². The van der Waals surface area contributed by atoms with E-state index in [0.29, 0.717) is 5.84 Å². The Labute approximate surface area is 126 Å². The first kappa shape index (κ1) is 12.8. The molecule has 2 atom stereocenters. The Morgan fingerprint density at radius 1 is 1.41 bits per heavy atom. The number of aromatic nitrogens is 2. The summed E-state index contributed by atoms with van der Waals surface area (Å²) in [5.74, 6) is 0.550. The van der Waals surface area contributed by atoms with Crippen molar-refractivity contribution in [2.75, 3.05) is 0 Å². The van der Waals surface area contributed by atoms with Crippen LogP contribution in [0.4, 0.5) is 4.79 Å². The summed E-state index contributed by atoms with van der Waals surface area (Å²) in [5, 5.41) is 9.21. The summed E-state index contributed by atoms with van der Waals surface area (Å²) in [6, 6.07) is 7.36. The van der Waals surface area contributed by atoms with Crippen molar-refractivity contribution in [3.05, 3.63) is 60.4 Å². The Bertz CT molecular complexity index is 839. The second-order valence-corrected chi connectivity index (χ2v) is 5.20. The Kier molecular flexibility index (Phi) is 2.49. The van der Waals surface area contributed by atoms with Crippen LogP contribution in [0.25, 0.3) is 5.69 Å². The third-order valence-electron chi connectivity index (χ3n) is 4.12. The third-order valence-corrected chi connectivity index (χ3v) is 4.12. The van der Waals surface area contributed by atoms with Crippen molar-refractivity contribution < 1.29 is 19.4 Å². The normalized spacial score (nSPS) is 24.8. The second-order valence-electron chi connectivity index (χ2n) is 5.20. The molecule has 0 radical (unpaired) electrons. The summed E-state index contributed by atoms with van der Waals surface area (Å²) in [4.78, 5) is 25.1. The molecule has 110 valence electrons. The molecule has 1 aromatic carbocycles. The molecule has 0 fully saturated rings. The van der Waals surface area contributed by atoms with Gasteiger partial charge in [-0.2, -0.15) is 9.79 Å². The van der Waals surface area contributed by atoms with Crippen molar-refractivity contribution in [3.8, 4) is 5.69 Å². The zero-order valence-electron chi connectivity index (χ0n) is 11.7. The van der Waals surface area contributed by atoms with E-state index in [4.69, 9.17) is 4.84 Å². The maximum atomic E-state index is 11.3. The van der Waals surface area contributed by atoms with Gasteiger partial charge in [0.25, 0.3) is 5.84 Å². The standard InChI is InChI=1S/C15H12N4O3/c1-10-13-8-16-9-18(13)12-5-3-2-4-11(12)14-17-6-7-19(10,14)22-15(20)21/h2-10H,1H3/p+1. The molecule has 2 aliphatic rings. The highest BCUT2D eigenvalue weighted by Gasteiger charge is 2.52. The molecule has 2 aliphatic heterocycles. The molecule has 0 amide bonds. The number of fused-ring (bicyclic) bond motifs is 5. The Morgan fingerprint density at radius 2 is 2.23 bits per heavy atom. The number of aliphatic imine (C=N–C) groups is 1. The number of quaternary nitrogens is 1. The van der Waals surface area contributed by atoms with Gasteiger partial charge in [0, 0.05) is 0 Å². The van der Waals surface area contributed by atoms with Crippen LogP contribution >= 0.6 is 0 Å². The topological polar surface area (TPSA) is 76.7 Å². The van der Waals surface area contributed by atoms with Crippen LogP contribution in [0.2, 0.25) is 0 Å². The van der Waals surface area contributed by atoms with Crippen LogP contribution in [0.3, 0.4) is 0 Å². The van der Waals surface area contributed by atoms with Crippen LogP contribution < -0.4 is 0 Å². The number of carbonyl (C=O) groups is 1. The molecule has 0 bridgehead atoms. The molecular formula is C15H13N4O3+. The zero-order chi connectivity index (χ0) is 15.3. The lowest BCUT2D eigenvalue weighted by Gasteiger charge is -2.30. The molecule has 2 unspecified atom stereocenters. The minimum atomic E-state index is -1.35. The molecule has 2 aromatic rings. The third kappa shape index (κ3) is 1.51. The van der Waals surface area contributed by atoms with Gasteiger partial charge in [-0.3, -0.25) is 4.57 Å². The molecule has 0 aliphatic carbocycles. The lowest BCUT2D eigenvalue weighted by molar-refractivity contribution is -0.999. The minimum Gasteiger partial charge on any atom is -0.446 e. The van der Waals surface area contributed by atoms with Crippen molar-refractivity contribution in [3.63, 3.8) is 0 Å². The van der Waals surface area contributed by atoms with Gasteiger partial charge in [0.2, 0.25) is 0 Å². The van der Waals surface area contributed by atoms with E-state index < -0.39 is 6.16 Å². The van der Waals surface area contributed by atoms with Gasteiger partial charge in [-0.25, -0.2) is 9.82 Å². The number of nitrogens with zero attached hydrogens (tertiary/aromatic N) is 4. The van der Waals surface area contributed by atoms with Gasteiger partial charge in [-0.1, -0.05) is 12.1 Å². The number of hydrogen-bond donors (Lipinski definition) is 1. The number of hydrogen-bond acceptors (Lipinski definition) is 4. The predicted molar refractivity (Wildman–Crippen MR) is 77.0 cm³/mol. The van der Waals surface area contributed by atoms with E-state index in [2.05, 4.69) is 9.98 Å². The van der Waals surface area contributed by atoms with Crippen molar-refractivity contribution in [1.82, 2.24) is 9.55 Å². The molecule has 0 saturated carbocycles. The van der Waals surface area contributed by atoms with E-state index >= 15 is 0 Å². The van der Waals surface area contributed by atoms with Gasteiger partial charge in [-0.05, 0) is 23.7 Å². The molecule has 0 saturated heterocycles. The Morgan fingerprint density at radius 3 is 3.05 bits per heavy atom. The van der Waals surface area contributed by atoms with Crippen LogP contribution in [0.1, 0.15) is 24.2 Å². The number of benzene rings is 1. The Balaban J connectivity index is 2.05. The molecule has 22 heavy (non-hydrogen) atoms. The average Bonchev–Trinajstić information content (AvgIpc) is 3.11. The summed E-state index contributed by atoms with van der Waals surface area (Å²) in [7, 11) is 0. The maximum absolute atomic E-state index is 11.3. The van der Waals surface area contributed by atoms with Gasteiger partial charge < -0.3 is 5.11 Å². The summed E-state index contributed by atoms with van der Waals surface area (Å²) < 4.78 is 1.62. The number of imidazole rings is 1. The summed E-state index contributed by atoms with van der Waals surface area (Å²) in [6.45, 7) is 1.90. The van der Waals surface area contributed by atoms with Crippen molar-refractivity contribution in [2.45, 2.75) is 13.0 Å². The first-order chi connectivity index (χ1) is 10.6. The smallest absolute Gasteiger partial charge is 0.446 e. The van der Waals surface area contributed by atoms with E-state index in [1.54, 1.807) is 24.9 Å². The molecule has 7 nitrogen and oxygen atoms in total. The van der Waals surface area contributed by atoms with Gasteiger partial charge in [0.15, 0.2) is 12.2 Å². The lowest BCUT2D eigenvalue weighted by Crippen LogP contribution is -2.49. The highest BCUT2D eigenvalue weighted by Crippen LogP contribution is 2.40. The molecular weight excluding hydrogens is 284 g/mol. The summed E-state index contributed by atoms with van der Waals surface area (Å²) >= 11 is 0. The number of rotatable bonds is 1. The molecule has 1 N–H and O–H groups in total. The fourth-order valence-electron chi connectivity index (χ4n) is 3.10. The van der Waals surface area contributed by atoms with Crippen LogP contribution in [-0.4, -0.2) is 31.3 Å². The zero-order valence-corrected chi connectivity index (χ0v) is 11.7. The number of amidine groups is 1. The monoisotopic (exact) mass is 297 g/mol. The minimum absolute atomic E-state index is 0.316. The SMILES string of the molecule is CC1c2cncn2-c2ccccc2C2=NC=C[N+]21OC(=O)O. The fraction of sp³-hybridized carbons (Fsp3) is 0.133. The molecule has 7 heteroatoms. The highest BCUT2D eigenvalue weighted by atomic mass is 16.8. The maximum Gasteiger partial charge on any atom is 0.558 e. The Hall–Kier alpha value is -2.93. The van der Waals surface area contributed by atoms with Crippen molar-refractivity contribution >= 4 is 12.0 Å². The summed E-state index contributed by atoms with van der Waals surface area (Å²) in [5.41, 5.74) is 2.57. The van der Waals surface area contributed by atoms with Gasteiger partial charge in [0.05, 0.1) is 30.0 Å². The van der Waals surface area contributed by atoms with Gasteiger partial charge in [0.1, 0.15) is 5.69 Å². The highest BCUT2D eigenvalue weighted by molar-refractivity contribution is 5.99. The largest absolute Gasteiger partial charge is 0.558 e. The molecule has 3 heterocycles. The molecule has 0 spiro atoms. The van der Waals surface area contributed by atoms with Crippen molar-refractivity contribution in [2.24, 2.45) is 4.99 Å². The molecule has 1 aromatic heterocycles. The fourth-order valence-corrected chi connectivity index (χ4v) is 3.10. The summed E-state index contributed by atoms with van der Waals surface area (Å²) in [6.07, 6.45) is 5.32. The van der Waals surface area contributed by atoms with Crippen LogP contribution in [0.5, 0.6) is 0 Å². The van der Waals surface area contributed by atoms with E-state index in [9.17, 15) is 9.90 Å².